The van der Waals surface area contributed by atoms with E-state index in [9.17, 15) is 10.2 Å². The molecule has 138 valence electrons. The standard InChI is InChI=1S/C18H32O4P2/c1-14(2)23-18(6,13-20)17(5,12-19)22-24-16(3,4)21-15-10-8-7-9-11-15/h7-11,14,19-20,23-24H,12-13H2,1-6H3. The number of hydrogen-bond donors (Lipinski definition) is 2. The number of ether oxygens (including phenoxy) is 1. The minimum absolute atomic E-state index is 0.0227. The number of aliphatic hydroxyl groups excluding tert-OH is 2. The summed E-state index contributed by atoms with van der Waals surface area (Å²) in [7, 11) is 0.513. The molecular formula is C18H32O4P2. The zero-order chi connectivity index (χ0) is 18.4. The molecule has 1 aromatic rings. The number of aliphatic hydroxyl groups is 2. The smallest absolute Gasteiger partial charge is 0.144 e. The monoisotopic (exact) mass is 374 g/mol. The van der Waals surface area contributed by atoms with Crippen LogP contribution in [0.1, 0.15) is 41.5 Å². The normalized spacial score (nSPS) is 18.4. The van der Waals surface area contributed by atoms with Crippen molar-refractivity contribution in [2.45, 2.75) is 63.3 Å². The molecule has 1 aromatic carbocycles. The first-order valence-corrected chi connectivity index (χ1v) is 10.2. The fraction of sp³-hybridized carbons (Fsp3) is 0.667. The van der Waals surface area contributed by atoms with Crippen LogP contribution in [-0.2, 0) is 4.52 Å². The van der Waals surface area contributed by atoms with E-state index in [4.69, 9.17) is 9.26 Å². The van der Waals surface area contributed by atoms with Crippen LogP contribution in [0.5, 0.6) is 5.75 Å². The Balaban J connectivity index is 2.82. The van der Waals surface area contributed by atoms with Gasteiger partial charge in [0.15, 0.2) is 0 Å². The van der Waals surface area contributed by atoms with E-state index in [2.05, 4.69) is 13.8 Å². The Bertz CT molecular complexity index is 495. The molecule has 0 saturated heterocycles. The highest BCUT2D eigenvalue weighted by atomic mass is 31.1. The molecule has 24 heavy (non-hydrogen) atoms. The quantitative estimate of drug-likeness (QED) is 0.608. The Morgan fingerprint density at radius 1 is 1.00 bits per heavy atom. The van der Waals surface area contributed by atoms with Gasteiger partial charge < -0.3 is 19.5 Å². The Labute approximate surface area is 150 Å². The van der Waals surface area contributed by atoms with Gasteiger partial charge in [0.05, 0.1) is 22.0 Å². The van der Waals surface area contributed by atoms with Crippen LogP contribution < -0.4 is 4.74 Å². The van der Waals surface area contributed by atoms with E-state index in [-0.39, 0.29) is 22.0 Å². The predicted octanol–water partition coefficient (Wildman–Crippen LogP) is 4.00. The van der Waals surface area contributed by atoms with Gasteiger partial charge in [0.2, 0.25) is 0 Å². The van der Waals surface area contributed by atoms with Crippen LogP contribution in [-0.4, -0.2) is 45.2 Å². The van der Waals surface area contributed by atoms with Crippen LogP contribution in [0.15, 0.2) is 30.3 Å². The molecule has 0 aliphatic heterocycles. The maximum atomic E-state index is 9.98. The topological polar surface area (TPSA) is 58.9 Å². The second-order valence-electron chi connectivity index (χ2n) is 7.31. The fourth-order valence-electron chi connectivity index (χ4n) is 2.36. The minimum atomic E-state index is -0.819. The van der Waals surface area contributed by atoms with Gasteiger partial charge in [-0.2, -0.15) is 0 Å². The van der Waals surface area contributed by atoms with Crippen LogP contribution >= 0.6 is 17.4 Å². The molecule has 0 spiro atoms. The van der Waals surface area contributed by atoms with Crippen molar-refractivity contribution in [1.82, 2.24) is 0 Å². The lowest BCUT2D eigenvalue weighted by Crippen LogP contribution is -2.53. The summed E-state index contributed by atoms with van der Waals surface area (Å²) in [4.78, 5) is 0. The average molecular weight is 374 g/mol. The van der Waals surface area contributed by atoms with Crippen molar-refractivity contribution in [2.75, 3.05) is 13.2 Å². The summed E-state index contributed by atoms with van der Waals surface area (Å²) in [5.74, 6) is 0.790. The van der Waals surface area contributed by atoms with Gasteiger partial charge in [-0.05, 0) is 38.6 Å². The van der Waals surface area contributed by atoms with Gasteiger partial charge in [0.1, 0.15) is 16.7 Å². The number of para-hydroxylation sites is 1. The molecule has 6 heteroatoms. The summed E-state index contributed by atoms with van der Waals surface area (Å²) in [6.45, 7) is 11.9. The molecular weight excluding hydrogens is 342 g/mol. The molecule has 4 unspecified atom stereocenters. The van der Waals surface area contributed by atoms with Crippen molar-refractivity contribution in [1.29, 1.82) is 0 Å². The summed E-state index contributed by atoms with van der Waals surface area (Å²) in [5.41, 5.74) is -0.395. The largest absolute Gasteiger partial charge is 0.481 e. The van der Waals surface area contributed by atoms with Gasteiger partial charge in [-0.15, -0.1) is 8.58 Å². The molecule has 0 saturated carbocycles. The van der Waals surface area contributed by atoms with Crippen molar-refractivity contribution >= 4 is 17.4 Å². The molecule has 4 atom stereocenters. The van der Waals surface area contributed by atoms with Crippen LogP contribution in [0.25, 0.3) is 0 Å². The SMILES string of the molecule is CC(C)PC(C)(CO)C(C)(CO)OPC(C)(C)Oc1ccccc1. The third-order valence-corrected chi connectivity index (χ3v) is 7.08. The first-order chi connectivity index (χ1) is 11.1. The Morgan fingerprint density at radius 2 is 1.58 bits per heavy atom. The molecule has 0 aliphatic rings. The molecule has 4 nitrogen and oxygen atoms in total. The molecule has 0 heterocycles. The lowest BCUT2D eigenvalue weighted by Gasteiger charge is -2.46. The molecule has 0 radical (unpaired) electrons. The summed E-state index contributed by atoms with van der Waals surface area (Å²) >= 11 is 0. The third kappa shape index (κ3) is 5.93. The molecule has 0 bridgehead atoms. The Hall–Kier alpha value is -0.240. The van der Waals surface area contributed by atoms with E-state index in [1.807, 2.05) is 58.0 Å². The Morgan fingerprint density at radius 3 is 2.04 bits per heavy atom. The van der Waals surface area contributed by atoms with E-state index < -0.39 is 16.1 Å². The molecule has 0 amide bonds. The zero-order valence-corrected chi connectivity index (χ0v) is 17.6. The van der Waals surface area contributed by atoms with E-state index in [1.165, 1.54) is 0 Å². The Kier molecular flexibility index (Phi) is 8.10. The van der Waals surface area contributed by atoms with Gasteiger partial charge in [0, 0.05) is 5.16 Å². The summed E-state index contributed by atoms with van der Waals surface area (Å²) in [6, 6.07) is 9.63. The lowest BCUT2D eigenvalue weighted by atomic mass is 9.91. The molecule has 0 aliphatic carbocycles. The maximum absolute atomic E-state index is 9.98. The van der Waals surface area contributed by atoms with Gasteiger partial charge in [-0.1, -0.05) is 39.0 Å². The van der Waals surface area contributed by atoms with E-state index in [0.29, 0.717) is 14.2 Å². The van der Waals surface area contributed by atoms with Crippen LogP contribution in [0, 0.1) is 0 Å². The first-order valence-electron chi connectivity index (χ1n) is 8.26. The number of hydrogen-bond acceptors (Lipinski definition) is 4. The lowest BCUT2D eigenvalue weighted by molar-refractivity contribution is -0.0156. The van der Waals surface area contributed by atoms with Gasteiger partial charge in [-0.25, -0.2) is 0 Å². The third-order valence-electron chi connectivity index (χ3n) is 4.03. The average Bonchev–Trinajstić information content (AvgIpc) is 2.52. The maximum Gasteiger partial charge on any atom is 0.144 e. The number of benzene rings is 1. The van der Waals surface area contributed by atoms with Crippen LogP contribution in [0.4, 0.5) is 0 Å². The van der Waals surface area contributed by atoms with Crippen molar-refractivity contribution < 1.29 is 19.5 Å². The van der Waals surface area contributed by atoms with Gasteiger partial charge >= 0.3 is 0 Å². The minimum Gasteiger partial charge on any atom is -0.481 e. The first kappa shape index (κ1) is 21.8. The fourth-order valence-corrected chi connectivity index (χ4v) is 5.19. The van der Waals surface area contributed by atoms with Crippen LogP contribution in [0.3, 0.4) is 0 Å². The summed E-state index contributed by atoms with van der Waals surface area (Å²) < 4.78 is 12.2. The number of rotatable bonds is 10. The van der Waals surface area contributed by atoms with Crippen molar-refractivity contribution in [2.24, 2.45) is 0 Å². The van der Waals surface area contributed by atoms with Crippen molar-refractivity contribution in [3.63, 3.8) is 0 Å². The summed E-state index contributed by atoms with van der Waals surface area (Å²) in [5, 5.41) is 18.9. The highest BCUT2D eigenvalue weighted by Gasteiger charge is 2.46. The van der Waals surface area contributed by atoms with Crippen LogP contribution in [0.2, 0.25) is 0 Å². The molecule has 1 rings (SSSR count). The van der Waals surface area contributed by atoms with Crippen molar-refractivity contribution in [3.8, 4) is 5.75 Å². The van der Waals surface area contributed by atoms with Crippen molar-refractivity contribution in [3.05, 3.63) is 30.3 Å². The second-order valence-corrected chi connectivity index (χ2v) is 11.5. The predicted molar refractivity (Wildman–Crippen MR) is 105 cm³/mol. The highest BCUT2D eigenvalue weighted by molar-refractivity contribution is 7.41. The van der Waals surface area contributed by atoms with E-state index >= 15 is 0 Å². The second kappa shape index (κ2) is 8.92. The summed E-state index contributed by atoms with van der Waals surface area (Å²) in [6.07, 6.45) is 0. The molecule has 2 N–H and O–H groups in total. The zero-order valence-electron chi connectivity index (χ0n) is 15.6. The van der Waals surface area contributed by atoms with Gasteiger partial charge in [0.25, 0.3) is 0 Å². The van der Waals surface area contributed by atoms with E-state index in [0.717, 1.165) is 5.75 Å². The highest BCUT2D eigenvalue weighted by Crippen LogP contribution is 2.49. The van der Waals surface area contributed by atoms with Gasteiger partial charge in [-0.3, -0.25) is 0 Å². The molecule has 0 aromatic heterocycles. The molecule has 0 fully saturated rings. The van der Waals surface area contributed by atoms with E-state index in [1.54, 1.807) is 0 Å².